The molecule has 7 heteroatoms. The summed E-state index contributed by atoms with van der Waals surface area (Å²) >= 11 is 0. The van der Waals surface area contributed by atoms with Crippen molar-refractivity contribution in [1.82, 2.24) is 30.3 Å². The second kappa shape index (κ2) is 5.99. The maximum Gasteiger partial charge on any atom is 0.253 e. The van der Waals surface area contributed by atoms with Crippen molar-refractivity contribution in [3.8, 4) is 0 Å². The van der Waals surface area contributed by atoms with Gasteiger partial charge in [0.15, 0.2) is 0 Å². The normalized spacial score (nSPS) is 18.0. The summed E-state index contributed by atoms with van der Waals surface area (Å²) in [5.74, 6) is 0.274. The van der Waals surface area contributed by atoms with Crippen LogP contribution in [0.1, 0.15) is 40.5 Å². The van der Waals surface area contributed by atoms with Crippen LogP contribution in [-0.4, -0.2) is 49.3 Å². The van der Waals surface area contributed by atoms with E-state index in [2.05, 4.69) is 25.4 Å². The van der Waals surface area contributed by atoms with Crippen LogP contribution in [0.5, 0.6) is 0 Å². The van der Waals surface area contributed by atoms with E-state index in [-0.39, 0.29) is 11.8 Å². The summed E-state index contributed by atoms with van der Waals surface area (Å²) in [5.41, 5.74) is 4.00. The van der Waals surface area contributed by atoms with E-state index in [1.165, 1.54) is 0 Å². The summed E-state index contributed by atoms with van der Waals surface area (Å²) in [4.78, 5) is 23.5. The van der Waals surface area contributed by atoms with Crippen LogP contribution in [0.2, 0.25) is 0 Å². The molecule has 1 saturated heterocycles. The molecule has 122 valence electrons. The van der Waals surface area contributed by atoms with Gasteiger partial charge in [-0.25, -0.2) is 0 Å². The second-order valence-corrected chi connectivity index (χ2v) is 6.20. The Morgan fingerprint density at radius 1 is 1.25 bits per heavy atom. The Kier molecular flexibility index (Phi) is 3.68. The van der Waals surface area contributed by atoms with Crippen LogP contribution in [0.15, 0.2) is 30.6 Å². The van der Waals surface area contributed by atoms with Crippen LogP contribution in [0.25, 0.3) is 11.0 Å². The van der Waals surface area contributed by atoms with Crippen LogP contribution in [-0.2, 0) is 0 Å². The molecule has 0 radical (unpaired) electrons. The Bertz CT molecular complexity index is 889. The minimum absolute atomic E-state index is 0.0326. The average Bonchev–Trinajstić information content (AvgIpc) is 3.09. The number of nitrogens with one attached hydrogen (secondary N) is 1. The molecule has 1 aliphatic heterocycles. The van der Waals surface area contributed by atoms with Gasteiger partial charge in [0.25, 0.3) is 5.91 Å². The molecule has 1 aliphatic rings. The van der Waals surface area contributed by atoms with Crippen molar-refractivity contribution in [2.24, 2.45) is 0 Å². The summed E-state index contributed by atoms with van der Waals surface area (Å²) in [6, 6.07) is 5.42. The molecule has 1 atom stereocenters. The highest BCUT2D eigenvalue weighted by Gasteiger charge is 2.26. The van der Waals surface area contributed by atoms with Crippen molar-refractivity contribution in [1.29, 1.82) is 0 Å². The molecule has 0 aliphatic carbocycles. The van der Waals surface area contributed by atoms with Crippen LogP contribution < -0.4 is 0 Å². The fraction of sp³-hybridized carbons (Fsp3) is 0.353. The monoisotopic (exact) mass is 322 g/mol. The van der Waals surface area contributed by atoms with Crippen LogP contribution in [0, 0.1) is 6.92 Å². The summed E-state index contributed by atoms with van der Waals surface area (Å²) in [6.07, 6.45) is 5.57. The third kappa shape index (κ3) is 2.73. The third-order valence-electron chi connectivity index (χ3n) is 4.46. The number of carbonyl (C=O) groups excluding carboxylic acids is 1. The van der Waals surface area contributed by atoms with E-state index in [0.29, 0.717) is 17.6 Å². The van der Waals surface area contributed by atoms with Gasteiger partial charge in [-0.2, -0.15) is 15.4 Å². The summed E-state index contributed by atoms with van der Waals surface area (Å²) in [5, 5.41) is 10.6. The zero-order chi connectivity index (χ0) is 16.5. The van der Waals surface area contributed by atoms with Crippen LogP contribution in [0.3, 0.4) is 0 Å². The van der Waals surface area contributed by atoms with Gasteiger partial charge in [-0.05, 0) is 38.0 Å². The molecule has 1 amide bonds. The topological polar surface area (TPSA) is 87.7 Å². The van der Waals surface area contributed by atoms with E-state index < -0.39 is 0 Å². The fourth-order valence-electron chi connectivity index (χ4n) is 3.24. The molecule has 0 bridgehead atoms. The number of carbonyl (C=O) groups is 1. The Labute approximate surface area is 139 Å². The second-order valence-electron chi connectivity index (χ2n) is 6.20. The summed E-state index contributed by atoms with van der Waals surface area (Å²) in [6.45, 7) is 3.38. The smallest absolute Gasteiger partial charge is 0.253 e. The number of rotatable bonds is 2. The molecule has 2 aromatic heterocycles. The largest absolute Gasteiger partial charge is 0.338 e. The summed E-state index contributed by atoms with van der Waals surface area (Å²) < 4.78 is 0. The van der Waals surface area contributed by atoms with Gasteiger partial charge >= 0.3 is 0 Å². The molecule has 7 nitrogen and oxygen atoms in total. The molecule has 1 unspecified atom stereocenters. The first-order valence-corrected chi connectivity index (χ1v) is 8.09. The minimum atomic E-state index is 0.0326. The maximum atomic E-state index is 12.8. The van der Waals surface area contributed by atoms with E-state index in [9.17, 15) is 4.79 Å². The van der Waals surface area contributed by atoms with Gasteiger partial charge in [0.1, 0.15) is 11.0 Å². The molecular formula is C17H18N6O. The number of hydrogen-bond donors (Lipinski definition) is 1. The average molecular weight is 322 g/mol. The van der Waals surface area contributed by atoms with Crippen LogP contribution in [0.4, 0.5) is 0 Å². The van der Waals surface area contributed by atoms with Crippen molar-refractivity contribution in [3.63, 3.8) is 0 Å². The van der Waals surface area contributed by atoms with Gasteiger partial charge in [-0.3, -0.25) is 14.8 Å². The number of piperidine rings is 1. The minimum Gasteiger partial charge on any atom is -0.338 e. The highest BCUT2D eigenvalue weighted by atomic mass is 16.2. The number of aromatic nitrogens is 5. The number of amides is 1. The van der Waals surface area contributed by atoms with Crippen molar-refractivity contribution in [3.05, 3.63) is 47.5 Å². The molecule has 0 spiro atoms. The molecule has 1 N–H and O–H groups in total. The summed E-state index contributed by atoms with van der Waals surface area (Å²) in [7, 11) is 0. The maximum absolute atomic E-state index is 12.8. The number of fused-ring (bicyclic) bond motifs is 1. The first kappa shape index (κ1) is 14.7. The predicted octanol–water partition coefficient (Wildman–Crippen LogP) is 2.08. The molecule has 24 heavy (non-hydrogen) atoms. The number of aromatic amines is 1. The van der Waals surface area contributed by atoms with Crippen LogP contribution >= 0.6 is 0 Å². The van der Waals surface area contributed by atoms with Gasteiger partial charge < -0.3 is 4.90 Å². The number of benzene rings is 1. The number of likely N-dealkylation sites (tertiary alicyclic amines) is 1. The number of H-pyrrole nitrogens is 1. The number of nitrogens with zero attached hydrogens (tertiary/aromatic N) is 5. The SMILES string of the molecule is Cc1cncc(C2CCCN(C(=O)c3ccc4n[nH]nc4c3)C2)n1. The Hall–Kier alpha value is -2.83. The van der Waals surface area contributed by atoms with Gasteiger partial charge in [0.05, 0.1) is 11.4 Å². The van der Waals surface area contributed by atoms with E-state index >= 15 is 0 Å². The first-order chi connectivity index (χ1) is 11.7. The lowest BCUT2D eigenvalue weighted by molar-refractivity contribution is 0.0706. The third-order valence-corrected chi connectivity index (χ3v) is 4.46. The molecule has 3 heterocycles. The number of aryl methyl sites for hydroxylation is 1. The Balaban J connectivity index is 1.55. The predicted molar refractivity (Wildman–Crippen MR) is 88.5 cm³/mol. The quantitative estimate of drug-likeness (QED) is 0.780. The zero-order valence-electron chi connectivity index (χ0n) is 13.4. The van der Waals surface area contributed by atoms with Crippen molar-refractivity contribution >= 4 is 16.9 Å². The lowest BCUT2D eigenvalue weighted by Gasteiger charge is -2.32. The van der Waals surface area contributed by atoms with E-state index in [4.69, 9.17) is 0 Å². The number of hydrogen-bond acceptors (Lipinski definition) is 5. The molecule has 1 fully saturated rings. The molecule has 1 aromatic carbocycles. The standard InChI is InChI=1S/C17H18N6O/c1-11-8-18-9-16(19-11)13-3-2-6-23(10-13)17(24)12-4-5-14-15(7-12)21-22-20-14/h4-5,7-9,13H,2-3,6,10H2,1H3,(H,20,21,22). The molecule has 4 rings (SSSR count). The van der Waals surface area contributed by atoms with Gasteiger partial charge in [-0.15, -0.1) is 0 Å². The van der Waals surface area contributed by atoms with E-state index in [1.54, 1.807) is 12.3 Å². The van der Waals surface area contributed by atoms with Crippen molar-refractivity contribution in [2.45, 2.75) is 25.7 Å². The highest BCUT2D eigenvalue weighted by Crippen LogP contribution is 2.26. The Morgan fingerprint density at radius 2 is 2.12 bits per heavy atom. The molecule has 3 aromatic rings. The van der Waals surface area contributed by atoms with Gasteiger partial charge in [0, 0.05) is 37.0 Å². The lowest BCUT2D eigenvalue weighted by Crippen LogP contribution is -2.39. The lowest BCUT2D eigenvalue weighted by atomic mass is 9.94. The fourth-order valence-corrected chi connectivity index (χ4v) is 3.24. The van der Waals surface area contributed by atoms with Crippen molar-refractivity contribution < 1.29 is 4.79 Å². The molecule has 0 saturated carbocycles. The Morgan fingerprint density at radius 3 is 3.00 bits per heavy atom. The molecular weight excluding hydrogens is 304 g/mol. The van der Waals surface area contributed by atoms with E-state index in [1.807, 2.05) is 30.2 Å². The van der Waals surface area contributed by atoms with Gasteiger partial charge in [0.2, 0.25) is 0 Å². The zero-order valence-corrected chi connectivity index (χ0v) is 13.4. The van der Waals surface area contributed by atoms with E-state index in [0.717, 1.165) is 36.3 Å². The van der Waals surface area contributed by atoms with Crippen molar-refractivity contribution in [2.75, 3.05) is 13.1 Å². The first-order valence-electron chi connectivity index (χ1n) is 8.09. The van der Waals surface area contributed by atoms with Gasteiger partial charge in [-0.1, -0.05) is 0 Å². The highest BCUT2D eigenvalue weighted by molar-refractivity contribution is 5.97.